The number of ether oxygens (including phenoxy) is 1. The van der Waals surface area contributed by atoms with E-state index in [0.717, 1.165) is 10.9 Å². The van der Waals surface area contributed by atoms with E-state index in [1.807, 2.05) is 25.1 Å². The molecule has 0 bridgehead atoms. The fourth-order valence-electron chi connectivity index (χ4n) is 1.84. The molecule has 3 heteroatoms. The van der Waals surface area contributed by atoms with Gasteiger partial charge in [-0.15, -0.1) is 0 Å². The van der Waals surface area contributed by atoms with E-state index in [0.29, 0.717) is 16.7 Å². The molecule has 0 aliphatic heterocycles. The van der Waals surface area contributed by atoms with Crippen LogP contribution in [0.5, 0.6) is 11.5 Å². The predicted molar refractivity (Wildman–Crippen MR) is 62.8 cm³/mol. The number of rotatable bonds is 2. The highest BCUT2D eigenvalue weighted by molar-refractivity contribution is 5.94. The largest absolute Gasteiger partial charge is 0.507 e. The molecule has 16 heavy (non-hydrogen) atoms. The first-order valence-corrected chi connectivity index (χ1v) is 5.07. The van der Waals surface area contributed by atoms with Gasteiger partial charge in [0.25, 0.3) is 0 Å². The first-order valence-electron chi connectivity index (χ1n) is 5.07. The Morgan fingerprint density at radius 1 is 1.19 bits per heavy atom. The second-order valence-corrected chi connectivity index (χ2v) is 3.79. The van der Waals surface area contributed by atoms with Crippen LogP contribution in [0.4, 0.5) is 0 Å². The first kappa shape index (κ1) is 10.8. The Bertz CT molecular complexity index is 532. The molecule has 0 radical (unpaired) electrons. The number of aryl methyl sites for hydroxylation is 1. The van der Waals surface area contributed by atoms with Gasteiger partial charge < -0.3 is 14.9 Å². The third kappa shape index (κ3) is 1.59. The SMILES string of the molecule is COc1cc(CO)c(O)c2cc(C)ccc12. The summed E-state index contributed by atoms with van der Waals surface area (Å²) in [6.45, 7) is 1.75. The second-order valence-electron chi connectivity index (χ2n) is 3.79. The van der Waals surface area contributed by atoms with E-state index in [1.165, 1.54) is 0 Å². The molecule has 0 saturated carbocycles. The van der Waals surface area contributed by atoms with Crippen LogP contribution in [0, 0.1) is 6.92 Å². The number of hydrogen-bond donors (Lipinski definition) is 2. The molecule has 0 atom stereocenters. The van der Waals surface area contributed by atoms with Crippen molar-refractivity contribution in [3.05, 3.63) is 35.4 Å². The van der Waals surface area contributed by atoms with Crippen LogP contribution in [0.3, 0.4) is 0 Å². The topological polar surface area (TPSA) is 49.7 Å². The zero-order valence-corrected chi connectivity index (χ0v) is 9.32. The molecule has 0 unspecified atom stereocenters. The number of aliphatic hydroxyl groups is 1. The molecule has 0 aliphatic carbocycles. The van der Waals surface area contributed by atoms with Gasteiger partial charge in [-0.3, -0.25) is 0 Å². The molecule has 2 rings (SSSR count). The summed E-state index contributed by atoms with van der Waals surface area (Å²) in [6, 6.07) is 7.41. The fraction of sp³-hybridized carbons (Fsp3) is 0.231. The van der Waals surface area contributed by atoms with Crippen LogP contribution >= 0.6 is 0 Å². The van der Waals surface area contributed by atoms with Crippen LogP contribution in [-0.2, 0) is 6.61 Å². The molecule has 0 aliphatic rings. The highest BCUT2D eigenvalue weighted by atomic mass is 16.5. The number of aliphatic hydroxyl groups excluding tert-OH is 1. The zero-order chi connectivity index (χ0) is 11.7. The van der Waals surface area contributed by atoms with Crippen molar-refractivity contribution < 1.29 is 14.9 Å². The van der Waals surface area contributed by atoms with E-state index in [4.69, 9.17) is 9.84 Å². The molecule has 0 spiro atoms. The van der Waals surface area contributed by atoms with Crippen LogP contribution in [-0.4, -0.2) is 17.3 Å². The maximum atomic E-state index is 9.98. The quantitative estimate of drug-likeness (QED) is 0.813. The summed E-state index contributed by atoms with van der Waals surface area (Å²) in [5.41, 5.74) is 1.54. The van der Waals surface area contributed by atoms with Crippen LogP contribution in [0.15, 0.2) is 24.3 Å². The van der Waals surface area contributed by atoms with Gasteiger partial charge in [0.1, 0.15) is 11.5 Å². The third-order valence-electron chi connectivity index (χ3n) is 2.70. The average Bonchev–Trinajstić information content (AvgIpc) is 2.30. The molecule has 2 aromatic rings. The molecule has 2 aromatic carbocycles. The van der Waals surface area contributed by atoms with Crippen molar-refractivity contribution in [1.29, 1.82) is 0 Å². The smallest absolute Gasteiger partial charge is 0.129 e. The number of hydrogen-bond acceptors (Lipinski definition) is 3. The predicted octanol–water partition coefficient (Wildman–Crippen LogP) is 2.35. The molecule has 0 saturated heterocycles. The van der Waals surface area contributed by atoms with E-state index in [2.05, 4.69) is 0 Å². The van der Waals surface area contributed by atoms with Gasteiger partial charge in [-0.1, -0.05) is 17.7 Å². The van der Waals surface area contributed by atoms with Gasteiger partial charge in [0.15, 0.2) is 0 Å². The van der Waals surface area contributed by atoms with E-state index in [-0.39, 0.29) is 12.4 Å². The number of phenols is 1. The molecule has 0 heterocycles. The summed E-state index contributed by atoms with van der Waals surface area (Å²) in [5, 5.41) is 20.7. The maximum absolute atomic E-state index is 9.98. The average molecular weight is 218 g/mol. The van der Waals surface area contributed by atoms with Gasteiger partial charge in [-0.2, -0.15) is 0 Å². The van der Waals surface area contributed by atoms with Crippen LogP contribution < -0.4 is 4.74 Å². The molecule has 84 valence electrons. The lowest BCUT2D eigenvalue weighted by molar-refractivity contribution is 0.275. The monoisotopic (exact) mass is 218 g/mol. The second kappa shape index (κ2) is 4.02. The highest BCUT2D eigenvalue weighted by Crippen LogP contribution is 2.36. The van der Waals surface area contributed by atoms with Crippen molar-refractivity contribution in [2.75, 3.05) is 7.11 Å². The Hall–Kier alpha value is -1.74. The molecule has 2 N–H and O–H groups in total. The lowest BCUT2D eigenvalue weighted by Gasteiger charge is -2.11. The third-order valence-corrected chi connectivity index (χ3v) is 2.70. The summed E-state index contributed by atoms with van der Waals surface area (Å²) in [5.74, 6) is 0.791. The van der Waals surface area contributed by atoms with Gasteiger partial charge in [0, 0.05) is 16.3 Å². The van der Waals surface area contributed by atoms with E-state index in [1.54, 1.807) is 13.2 Å². The van der Waals surface area contributed by atoms with E-state index < -0.39 is 0 Å². The highest BCUT2D eigenvalue weighted by Gasteiger charge is 2.11. The molecule has 0 fully saturated rings. The number of methoxy groups -OCH3 is 1. The zero-order valence-electron chi connectivity index (χ0n) is 9.32. The van der Waals surface area contributed by atoms with Crippen molar-refractivity contribution in [3.63, 3.8) is 0 Å². The molecular weight excluding hydrogens is 204 g/mol. The Morgan fingerprint density at radius 3 is 2.56 bits per heavy atom. The van der Waals surface area contributed by atoms with Gasteiger partial charge in [0.2, 0.25) is 0 Å². The maximum Gasteiger partial charge on any atom is 0.129 e. The minimum Gasteiger partial charge on any atom is -0.507 e. The summed E-state index contributed by atoms with van der Waals surface area (Å²) in [6.07, 6.45) is 0. The molecule has 0 aromatic heterocycles. The Labute approximate surface area is 93.9 Å². The van der Waals surface area contributed by atoms with Crippen molar-refractivity contribution in [2.24, 2.45) is 0 Å². The van der Waals surface area contributed by atoms with E-state index in [9.17, 15) is 5.11 Å². The standard InChI is InChI=1S/C13H14O3/c1-8-3-4-10-11(5-8)13(15)9(7-14)6-12(10)16-2/h3-6,14-15H,7H2,1-2H3. The summed E-state index contributed by atoms with van der Waals surface area (Å²) >= 11 is 0. The molecular formula is C13H14O3. The minimum absolute atomic E-state index is 0.127. The summed E-state index contributed by atoms with van der Waals surface area (Å²) in [7, 11) is 1.58. The lowest BCUT2D eigenvalue weighted by Crippen LogP contribution is -1.91. The molecule has 3 nitrogen and oxygen atoms in total. The number of aromatic hydroxyl groups is 1. The van der Waals surface area contributed by atoms with E-state index >= 15 is 0 Å². The Balaban J connectivity index is 2.85. The van der Waals surface area contributed by atoms with Crippen LogP contribution in [0.25, 0.3) is 10.8 Å². The van der Waals surface area contributed by atoms with Crippen LogP contribution in [0.2, 0.25) is 0 Å². The molecule has 0 amide bonds. The lowest BCUT2D eigenvalue weighted by atomic mass is 10.0. The summed E-state index contributed by atoms with van der Waals surface area (Å²) < 4.78 is 5.24. The normalized spacial score (nSPS) is 10.7. The van der Waals surface area contributed by atoms with Gasteiger partial charge in [0.05, 0.1) is 13.7 Å². The fourth-order valence-corrected chi connectivity index (χ4v) is 1.84. The summed E-state index contributed by atoms with van der Waals surface area (Å²) in [4.78, 5) is 0. The number of fused-ring (bicyclic) bond motifs is 1. The van der Waals surface area contributed by atoms with Crippen molar-refractivity contribution in [3.8, 4) is 11.5 Å². The van der Waals surface area contributed by atoms with Gasteiger partial charge in [-0.05, 0) is 19.1 Å². The van der Waals surface area contributed by atoms with Crippen molar-refractivity contribution >= 4 is 10.8 Å². The van der Waals surface area contributed by atoms with Crippen molar-refractivity contribution in [1.82, 2.24) is 0 Å². The minimum atomic E-state index is -0.202. The van der Waals surface area contributed by atoms with Crippen molar-refractivity contribution in [2.45, 2.75) is 13.5 Å². The van der Waals surface area contributed by atoms with Crippen LogP contribution in [0.1, 0.15) is 11.1 Å². The van der Waals surface area contributed by atoms with Gasteiger partial charge in [-0.25, -0.2) is 0 Å². The Morgan fingerprint density at radius 2 is 1.94 bits per heavy atom. The first-order chi connectivity index (χ1) is 7.67. The number of benzene rings is 2. The Kier molecular flexibility index (Phi) is 2.71. The van der Waals surface area contributed by atoms with Gasteiger partial charge >= 0.3 is 0 Å².